The van der Waals surface area contributed by atoms with E-state index < -0.39 is 5.54 Å². The molecule has 2 N–H and O–H groups in total. The average molecular weight is 466 g/mol. The molecule has 0 amide bonds. The van der Waals surface area contributed by atoms with Gasteiger partial charge in [-0.15, -0.1) is 11.8 Å². The molecule has 0 bridgehead atoms. The van der Waals surface area contributed by atoms with E-state index >= 15 is 0 Å². The first-order chi connectivity index (χ1) is 16.0. The lowest BCUT2D eigenvalue weighted by atomic mass is 9.83. The number of hydrogen-bond acceptors (Lipinski definition) is 9. The monoisotopic (exact) mass is 465 g/mol. The van der Waals surface area contributed by atoms with Crippen LogP contribution in [0.4, 0.5) is 0 Å². The molecule has 2 fully saturated rings. The molecule has 2 saturated heterocycles. The molecule has 9 nitrogen and oxygen atoms in total. The largest absolute Gasteiger partial charge is 0.355 e. The molecular weight excluding hydrogens is 438 g/mol. The van der Waals surface area contributed by atoms with Gasteiger partial charge in [-0.1, -0.05) is 0 Å². The van der Waals surface area contributed by atoms with E-state index in [4.69, 9.17) is 15.5 Å². The van der Waals surface area contributed by atoms with Crippen molar-refractivity contribution >= 4 is 28.6 Å². The summed E-state index contributed by atoms with van der Waals surface area (Å²) in [5.74, 6) is 2.35. The maximum atomic E-state index is 13.0. The van der Waals surface area contributed by atoms with Gasteiger partial charge in [0.25, 0.3) is 0 Å². The smallest absolute Gasteiger partial charge is 0.184 e. The maximum Gasteiger partial charge on any atom is 0.184 e. The van der Waals surface area contributed by atoms with Gasteiger partial charge in [0.05, 0.1) is 28.0 Å². The van der Waals surface area contributed by atoms with E-state index in [1.165, 1.54) is 0 Å². The van der Waals surface area contributed by atoms with Gasteiger partial charge < -0.3 is 15.0 Å². The van der Waals surface area contributed by atoms with Crippen molar-refractivity contribution in [3.8, 4) is 0 Å². The molecule has 0 radical (unpaired) electrons. The number of hydrogen-bond donors (Lipinski definition) is 1. The van der Waals surface area contributed by atoms with Crippen molar-refractivity contribution in [3.63, 3.8) is 0 Å². The number of ketones is 1. The summed E-state index contributed by atoms with van der Waals surface area (Å²) in [5.41, 5.74) is 9.40. The van der Waals surface area contributed by atoms with E-state index in [9.17, 15) is 4.79 Å². The van der Waals surface area contributed by atoms with Gasteiger partial charge in [0, 0.05) is 50.8 Å². The molecule has 3 aromatic heterocycles. The molecule has 0 aromatic carbocycles. The number of ether oxygens (including phenoxy) is 1. The predicted octanol–water partition coefficient (Wildman–Crippen LogP) is 1.76. The molecule has 33 heavy (non-hydrogen) atoms. The molecular formula is C23H27N7O2S. The number of rotatable bonds is 3. The number of carbonyl (C=O) groups excluding carboxylic acids is 1. The molecule has 2 atom stereocenters. The summed E-state index contributed by atoms with van der Waals surface area (Å²) in [7, 11) is 2.08. The number of nitrogens with two attached hydrogens (primary N) is 1. The summed E-state index contributed by atoms with van der Waals surface area (Å²) in [5, 5.41) is 0. The number of fused-ring (bicyclic) bond motifs is 2. The van der Waals surface area contributed by atoms with Crippen LogP contribution in [0, 0.1) is 0 Å². The van der Waals surface area contributed by atoms with E-state index in [0.717, 1.165) is 65.6 Å². The molecule has 6 heterocycles. The van der Waals surface area contributed by atoms with E-state index in [0.29, 0.717) is 18.0 Å². The zero-order valence-corrected chi connectivity index (χ0v) is 19.4. The van der Waals surface area contributed by atoms with Gasteiger partial charge in [-0.25, -0.2) is 15.0 Å². The molecule has 0 spiro atoms. The fourth-order valence-corrected chi connectivity index (χ4v) is 6.59. The van der Waals surface area contributed by atoms with Crippen molar-refractivity contribution in [2.24, 2.45) is 12.8 Å². The Bertz CT molecular complexity index is 1220. The summed E-state index contributed by atoms with van der Waals surface area (Å²) in [6.07, 6.45) is 8.25. The Morgan fingerprint density at radius 1 is 1.27 bits per heavy atom. The highest BCUT2D eigenvalue weighted by atomic mass is 32.2. The van der Waals surface area contributed by atoms with Gasteiger partial charge >= 0.3 is 0 Å². The van der Waals surface area contributed by atoms with Crippen molar-refractivity contribution in [1.82, 2.24) is 29.4 Å². The lowest BCUT2D eigenvalue weighted by molar-refractivity contribution is -0.156. The third-order valence-corrected chi connectivity index (χ3v) is 8.43. The number of Topliss-reactive ketones (excluding diaryl/α,β-unsaturated/α-hetero) is 1. The van der Waals surface area contributed by atoms with Crippen LogP contribution in [0.1, 0.15) is 42.4 Å². The fourth-order valence-electron chi connectivity index (χ4n) is 5.40. The lowest BCUT2D eigenvalue weighted by Gasteiger charge is -2.43. The topological polar surface area (TPSA) is 112 Å². The van der Waals surface area contributed by atoms with Crippen LogP contribution < -0.4 is 5.73 Å². The third-order valence-electron chi connectivity index (χ3n) is 7.31. The Morgan fingerprint density at radius 3 is 2.94 bits per heavy atom. The first-order valence-corrected chi connectivity index (χ1v) is 12.4. The van der Waals surface area contributed by atoms with Crippen molar-refractivity contribution < 1.29 is 9.53 Å². The highest BCUT2D eigenvalue weighted by Crippen LogP contribution is 2.40. The van der Waals surface area contributed by atoms with Gasteiger partial charge in [0.15, 0.2) is 5.78 Å². The minimum absolute atomic E-state index is 0.0162. The Labute approximate surface area is 196 Å². The van der Waals surface area contributed by atoms with E-state index in [2.05, 4.69) is 31.5 Å². The number of aryl methyl sites for hydroxylation is 2. The van der Waals surface area contributed by atoms with Crippen molar-refractivity contribution in [1.29, 1.82) is 0 Å². The van der Waals surface area contributed by atoms with Gasteiger partial charge in [-0.3, -0.25) is 14.7 Å². The van der Waals surface area contributed by atoms with Crippen LogP contribution in [0.25, 0.3) is 11.0 Å². The Hall–Kier alpha value is -2.40. The number of thioether (sulfide) groups is 1. The number of imidazole rings is 1. The highest BCUT2D eigenvalue weighted by molar-refractivity contribution is 7.99. The number of pyridine rings is 1. The van der Waals surface area contributed by atoms with E-state index in [-0.39, 0.29) is 18.6 Å². The van der Waals surface area contributed by atoms with Crippen LogP contribution in [0.2, 0.25) is 0 Å². The standard InChI is InChI=1S/C23H27N7O2S/c1-29-17-2-6-25-11-16(17)28-22(29)14-3-7-30(8-4-14)19-10-23(24,18(31)12-32-19)21-20-15(5-9-33-20)26-13-27-21/h2,6,11,13-14,19H,3-5,7-10,12,24H2,1H3. The van der Waals surface area contributed by atoms with Gasteiger partial charge in [-0.05, 0) is 18.9 Å². The maximum absolute atomic E-state index is 13.0. The summed E-state index contributed by atoms with van der Waals surface area (Å²) in [6.45, 7) is 1.76. The lowest BCUT2D eigenvalue weighted by Crippen LogP contribution is -2.58. The predicted molar refractivity (Wildman–Crippen MR) is 124 cm³/mol. The summed E-state index contributed by atoms with van der Waals surface area (Å²) in [6, 6.07) is 2.01. The van der Waals surface area contributed by atoms with Crippen LogP contribution >= 0.6 is 11.8 Å². The van der Waals surface area contributed by atoms with Crippen LogP contribution in [0.5, 0.6) is 0 Å². The van der Waals surface area contributed by atoms with Crippen molar-refractivity contribution in [2.75, 3.05) is 25.4 Å². The van der Waals surface area contributed by atoms with Gasteiger partial charge in [-0.2, -0.15) is 0 Å². The first kappa shape index (κ1) is 21.2. The van der Waals surface area contributed by atoms with Crippen LogP contribution in [-0.4, -0.2) is 66.9 Å². The first-order valence-electron chi connectivity index (χ1n) is 11.5. The molecule has 0 saturated carbocycles. The Balaban J connectivity index is 1.19. The molecule has 3 aliphatic heterocycles. The van der Waals surface area contributed by atoms with Crippen molar-refractivity contribution in [2.45, 2.75) is 48.3 Å². The number of piperidine rings is 1. The molecule has 10 heteroatoms. The highest BCUT2D eigenvalue weighted by Gasteiger charge is 2.47. The van der Waals surface area contributed by atoms with Gasteiger partial charge in [0.1, 0.15) is 36.0 Å². The normalized spacial score (nSPS) is 26.7. The second-order valence-corrected chi connectivity index (χ2v) is 10.3. The second-order valence-electron chi connectivity index (χ2n) is 9.16. The van der Waals surface area contributed by atoms with Crippen LogP contribution in [0.15, 0.2) is 29.7 Å². The number of aromatic nitrogens is 5. The van der Waals surface area contributed by atoms with Crippen molar-refractivity contribution in [3.05, 3.63) is 42.0 Å². The minimum atomic E-state index is -1.13. The molecule has 0 aliphatic carbocycles. The number of likely N-dealkylation sites (tertiary alicyclic amines) is 1. The molecule has 2 unspecified atom stereocenters. The SMILES string of the molecule is Cn1c(C2CCN(C3CC(N)(c4ncnc5c4SCC5)C(=O)CO3)CC2)nc2cnccc21. The minimum Gasteiger partial charge on any atom is -0.355 e. The van der Waals surface area contributed by atoms with E-state index in [1.54, 1.807) is 18.1 Å². The third kappa shape index (κ3) is 3.47. The number of nitrogens with zero attached hydrogens (tertiary/aromatic N) is 6. The van der Waals surface area contributed by atoms with Gasteiger partial charge in [0.2, 0.25) is 0 Å². The Morgan fingerprint density at radius 2 is 2.12 bits per heavy atom. The summed E-state index contributed by atoms with van der Waals surface area (Å²) in [4.78, 5) is 34.2. The summed E-state index contributed by atoms with van der Waals surface area (Å²) >= 11 is 1.70. The summed E-state index contributed by atoms with van der Waals surface area (Å²) < 4.78 is 8.18. The molecule has 172 valence electrons. The van der Waals surface area contributed by atoms with E-state index in [1.807, 2.05) is 18.5 Å². The Kier molecular flexibility index (Phi) is 5.21. The van der Waals surface area contributed by atoms with Crippen LogP contribution in [0.3, 0.4) is 0 Å². The second kappa shape index (κ2) is 8.12. The van der Waals surface area contributed by atoms with Crippen LogP contribution in [-0.2, 0) is 28.5 Å². The number of carbonyl (C=O) groups is 1. The fraction of sp³-hybridized carbons (Fsp3) is 0.522. The molecule has 6 rings (SSSR count). The zero-order chi connectivity index (χ0) is 22.6. The molecule has 3 aromatic rings. The quantitative estimate of drug-likeness (QED) is 0.618. The zero-order valence-electron chi connectivity index (χ0n) is 18.6. The molecule has 3 aliphatic rings. The average Bonchev–Trinajstić information content (AvgIpc) is 3.46.